The van der Waals surface area contributed by atoms with E-state index >= 15 is 0 Å². The molecule has 0 unspecified atom stereocenters. The molecule has 5 N–H and O–H groups in total. The lowest BCUT2D eigenvalue weighted by molar-refractivity contribution is -0.301. The van der Waals surface area contributed by atoms with Gasteiger partial charge in [0.15, 0.2) is 6.29 Å². The van der Waals surface area contributed by atoms with Crippen LogP contribution < -0.4 is 0 Å². The highest BCUT2D eigenvalue weighted by Gasteiger charge is 2.85. The Bertz CT molecular complexity index is 1410. The Hall–Kier alpha value is -1.15. The zero-order valence-electron chi connectivity index (χ0n) is 29.6. The van der Waals surface area contributed by atoms with Crippen molar-refractivity contribution in [2.24, 2.45) is 44.8 Å². The first-order valence-corrected chi connectivity index (χ1v) is 18.2. The molecule has 17 atom stereocenters. The fourth-order valence-electron chi connectivity index (χ4n) is 13.3. The normalized spacial score (nSPS) is 57.7. The van der Waals surface area contributed by atoms with Crippen LogP contribution in [0.5, 0.6) is 0 Å². The molecule has 0 aromatic carbocycles. The van der Waals surface area contributed by atoms with Gasteiger partial charge in [-0.15, -0.1) is 0 Å². The molecule has 0 aromatic heterocycles. The first kappa shape index (κ1) is 34.0. The maximum absolute atomic E-state index is 12.8. The molecule has 5 aliphatic carbocycles. The van der Waals surface area contributed by atoms with Crippen LogP contribution in [0, 0.1) is 44.8 Å². The number of aliphatic hydroxyl groups is 5. The molecule has 270 valence electrons. The first-order chi connectivity index (χ1) is 22.2. The largest absolute Gasteiger partial charge is 0.462 e. The van der Waals surface area contributed by atoms with Gasteiger partial charge in [0.2, 0.25) is 5.79 Å². The number of carbonyl (C=O) groups excluding carboxylic acids is 1. The highest BCUT2D eigenvalue weighted by atomic mass is 16.8. The number of carbonyl (C=O) groups is 1. The van der Waals surface area contributed by atoms with Gasteiger partial charge in [0, 0.05) is 29.1 Å². The number of hydrogen-bond donors (Lipinski definition) is 5. The van der Waals surface area contributed by atoms with Crippen molar-refractivity contribution in [2.75, 3.05) is 6.61 Å². The Labute approximate surface area is 283 Å². The van der Waals surface area contributed by atoms with E-state index in [1.807, 2.05) is 0 Å². The number of hydrogen-bond acceptors (Lipinski definition) is 11. The lowest BCUT2D eigenvalue weighted by Gasteiger charge is -2.62. The lowest BCUT2D eigenvalue weighted by atomic mass is 9.44. The zero-order chi connectivity index (χ0) is 34.8. The van der Waals surface area contributed by atoms with E-state index in [0.717, 1.165) is 32.1 Å². The summed E-state index contributed by atoms with van der Waals surface area (Å²) < 4.78 is 31.3. The third kappa shape index (κ3) is 4.00. The molecule has 8 aliphatic rings. The number of fused-ring (bicyclic) bond motifs is 4. The molecule has 3 aliphatic heterocycles. The Balaban J connectivity index is 1.14. The second-order valence-corrected chi connectivity index (χ2v) is 18.5. The van der Waals surface area contributed by atoms with E-state index in [1.165, 1.54) is 12.5 Å². The number of esters is 1. The second-order valence-electron chi connectivity index (χ2n) is 18.5. The summed E-state index contributed by atoms with van der Waals surface area (Å²) in [6.07, 6.45) is 0.206. The number of allylic oxidation sites excluding steroid dienone is 2. The molecule has 0 aromatic rings. The lowest BCUT2D eigenvalue weighted by Crippen LogP contribution is -2.62. The average molecular weight is 677 g/mol. The van der Waals surface area contributed by atoms with Crippen molar-refractivity contribution >= 4 is 5.97 Å². The molecule has 0 radical (unpaired) electrons. The smallest absolute Gasteiger partial charge is 0.302 e. The van der Waals surface area contributed by atoms with Crippen LogP contribution >= 0.6 is 0 Å². The minimum absolute atomic E-state index is 0.00247. The fraction of sp³-hybridized carbons (Fsp3) is 0.919. The van der Waals surface area contributed by atoms with Gasteiger partial charge >= 0.3 is 5.97 Å². The van der Waals surface area contributed by atoms with Gasteiger partial charge in [-0.2, -0.15) is 0 Å². The van der Waals surface area contributed by atoms with Crippen molar-refractivity contribution in [2.45, 2.75) is 160 Å². The summed E-state index contributed by atoms with van der Waals surface area (Å²) in [6, 6.07) is 0. The van der Waals surface area contributed by atoms with Crippen LogP contribution in [0.2, 0.25) is 0 Å². The maximum atomic E-state index is 12.8. The van der Waals surface area contributed by atoms with Gasteiger partial charge < -0.3 is 49.2 Å². The van der Waals surface area contributed by atoms with Gasteiger partial charge in [-0.3, -0.25) is 4.79 Å². The van der Waals surface area contributed by atoms with Crippen LogP contribution in [-0.2, 0) is 28.5 Å². The second kappa shape index (κ2) is 10.0. The van der Waals surface area contributed by atoms with E-state index in [4.69, 9.17) is 23.7 Å². The van der Waals surface area contributed by atoms with Gasteiger partial charge in [-0.05, 0) is 75.0 Å². The van der Waals surface area contributed by atoms with E-state index in [1.54, 1.807) is 13.8 Å². The third-order valence-corrected chi connectivity index (χ3v) is 15.6. The highest BCUT2D eigenvalue weighted by Crippen LogP contribution is 2.88. The summed E-state index contributed by atoms with van der Waals surface area (Å²) >= 11 is 0. The fourth-order valence-corrected chi connectivity index (χ4v) is 13.3. The van der Waals surface area contributed by atoms with E-state index in [9.17, 15) is 30.3 Å². The SMILES string of the molecule is CC(=O)O[C@@H]1C[C@@]23C[C@@]24CC[C@H](O[C@@H]2OC[C@@H](O)[C@H](O)[C@H]2O)C(C)(C)[C@@H]4CC=C3[C@]2(C)C[C@@H]3O[C@]4(O[C@H]4C(C)(C)O)[C@H](O)[C@@H](C)[C@@H]3[C@@]12C. The highest BCUT2D eigenvalue weighted by molar-refractivity contribution is 5.66. The number of aliphatic hydroxyl groups excluding tert-OH is 4. The Morgan fingerprint density at radius 2 is 1.73 bits per heavy atom. The van der Waals surface area contributed by atoms with Crippen LogP contribution in [0.3, 0.4) is 0 Å². The standard InChI is InChI=1S/C37H56O11/c1-17-25-20(47-37(28(17)42)30(48-37)32(5,6)43)13-33(7)22-10-9-21-31(3,4)23(46-29-27(41)26(40)19(39)15-44-29)11-12-35(21)16-36(22,35)14-24(34(25,33)8)45-18(2)38/h10,17,19-21,23-30,39-43H,9,11-16H2,1-8H3/t17-,19+,20-,21-,23-,24+,25-,26-,27+,28+,29-,30-,33-,34+,35+,36-,37-/m0/s1. The van der Waals surface area contributed by atoms with Crippen molar-refractivity contribution in [3.8, 4) is 0 Å². The van der Waals surface area contributed by atoms with Gasteiger partial charge in [0.05, 0.1) is 24.4 Å². The van der Waals surface area contributed by atoms with E-state index in [-0.39, 0.29) is 70.3 Å². The molecule has 8 rings (SSSR count). The van der Waals surface area contributed by atoms with E-state index in [2.05, 4.69) is 40.7 Å². The molecular weight excluding hydrogens is 620 g/mol. The quantitative estimate of drug-likeness (QED) is 0.169. The summed E-state index contributed by atoms with van der Waals surface area (Å²) in [6.45, 7) is 15.9. The minimum atomic E-state index is -1.33. The van der Waals surface area contributed by atoms with Crippen molar-refractivity contribution in [3.05, 3.63) is 11.6 Å². The summed E-state index contributed by atoms with van der Waals surface area (Å²) in [5.41, 5.74) is -1.05. The van der Waals surface area contributed by atoms with Crippen LogP contribution in [0.1, 0.15) is 93.9 Å². The predicted octanol–water partition coefficient (Wildman–Crippen LogP) is 2.58. The van der Waals surface area contributed by atoms with Crippen molar-refractivity contribution < 1.29 is 54.0 Å². The monoisotopic (exact) mass is 676 g/mol. The van der Waals surface area contributed by atoms with Gasteiger partial charge in [0.25, 0.3) is 0 Å². The molecule has 7 fully saturated rings. The van der Waals surface area contributed by atoms with Gasteiger partial charge in [0.1, 0.15) is 36.6 Å². The topological polar surface area (TPSA) is 168 Å². The Morgan fingerprint density at radius 1 is 1.02 bits per heavy atom. The van der Waals surface area contributed by atoms with E-state index < -0.39 is 53.6 Å². The molecule has 48 heavy (non-hydrogen) atoms. The average Bonchev–Trinajstić information content (AvgIpc) is 3.86. The summed E-state index contributed by atoms with van der Waals surface area (Å²) in [5, 5.41) is 53.5. The zero-order valence-corrected chi connectivity index (χ0v) is 29.6. The molecule has 4 saturated carbocycles. The predicted molar refractivity (Wildman–Crippen MR) is 170 cm³/mol. The van der Waals surface area contributed by atoms with Crippen LogP contribution in [0.25, 0.3) is 0 Å². The molecule has 3 spiro atoms. The minimum Gasteiger partial charge on any atom is -0.462 e. The Morgan fingerprint density at radius 3 is 2.38 bits per heavy atom. The van der Waals surface area contributed by atoms with Crippen molar-refractivity contribution in [3.63, 3.8) is 0 Å². The maximum Gasteiger partial charge on any atom is 0.302 e. The van der Waals surface area contributed by atoms with E-state index in [0.29, 0.717) is 6.42 Å². The molecule has 3 saturated heterocycles. The van der Waals surface area contributed by atoms with Crippen molar-refractivity contribution in [1.82, 2.24) is 0 Å². The molecule has 0 amide bonds. The molecule has 3 heterocycles. The summed E-state index contributed by atoms with van der Waals surface area (Å²) in [5.74, 6) is -1.59. The van der Waals surface area contributed by atoms with Gasteiger partial charge in [-0.1, -0.05) is 46.3 Å². The third-order valence-electron chi connectivity index (χ3n) is 15.6. The molecule has 11 nitrogen and oxygen atoms in total. The summed E-state index contributed by atoms with van der Waals surface area (Å²) in [4.78, 5) is 12.8. The Kier molecular flexibility index (Phi) is 7.10. The van der Waals surface area contributed by atoms with Crippen LogP contribution in [-0.4, -0.2) is 105 Å². The van der Waals surface area contributed by atoms with Crippen LogP contribution in [0.15, 0.2) is 11.6 Å². The number of rotatable bonds is 4. The molecule has 11 heteroatoms. The molecule has 0 bridgehead atoms. The summed E-state index contributed by atoms with van der Waals surface area (Å²) in [7, 11) is 0. The number of ether oxygens (including phenoxy) is 5. The van der Waals surface area contributed by atoms with Gasteiger partial charge in [-0.25, -0.2) is 0 Å². The number of epoxide rings is 1. The van der Waals surface area contributed by atoms with Crippen LogP contribution in [0.4, 0.5) is 0 Å². The molecular formula is C37H56O11. The van der Waals surface area contributed by atoms with Crippen molar-refractivity contribution in [1.29, 1.82) is 0 Å². The first-order valence-electron chi connectivity index (χ1n) is 18.2.